The van der Waals surface area contributed by atoms with Crippen LogP contribution in [-0.2, 0) is 20.9 Å². The lowest BCUT2D eigenvalue weighted by Crippen LogP contribution is -2.27. The number of non-ortho nitro benzene ring substituents is 1. The van der Waals surface area contributed by atoms with Crippen LogP contribution in [-0.4, -0.2) is 47.3 Å². The van der Waals surface area contributed by atoms with Crippen LogP contribution in [0.3, 0.4) is 0 Å². The number of methoxy groups -OCH3 is 1. The lowest BCUT2D eigenvalue weighted by atomic mass is 10.1. The third kappa shape index (κ3) is 6.05. The Morgan fingerprint density at radius 3 is 2.56 bits per heavy atom. The Hall–Kier alpha value is -3.13. The molecule has 0 aliphatic carbocycles. The van der Waals surface area contributed by atoms with Gasteiger partial charge in [-0.05, 0) is 70.6 Å². The van der Waals surface area contributed by atoms with Crippen LogP contribution in [0.4, 0.5) is 10.5 Å². The first-order valence-electron chi connectivity index (χ1n) is 9.88. The van der Waals surface area contributed by atoms with Crippen molar-refractivity contribution in [2.75, 3.05) is 20.3 Å². The summed E-state index contributed by atoms with van der Waals surface area (Å²) in [4.78, 5) is 48.5. The Morgan fingerprint density at radius 2 is 1.94 bits per heavy atom. The van der Waals surface area contributed by atoms with Gasteiger partial charge in [-0.15, -0.1) is 0 Å². The molecule has 0 N–H and O–H groups in total. The van der Waals surface area contributed by atoms with Gasteiger partial charge in [0.1, 0.15) is 0 Å². The number of halogens is 1. The molecular formula is C22H19IN2O8S. The van der Waals surface area contributed by atoms with Crippen LogP contribution in [0.25, 0.3) is 6.08 Å². The summed E-state index contributed by atoms with van der Waals surface area (Å²) in [5.41, 5.74) is 1.12. The summed E-state index contributed by atoms with van der Waals surface area (Å²) >= 11 is 2.82. The molecule has 178 valence electrons. The minimum absolute atomic E-state index is 0.00148. The van der Waals surface area contributed by atoms with Crippen LogP contribution in [0, 0.1) is 13.7 Å². The van der Waals surface area contributed by atoms with Crippen LogP contribution >= 0.6 is 34.4 Å². The van der Waals surface area contributed by atoms with Crippen molar-refractivity contribution in [2.45, 2.75) is 13.5 Å². The van der Waals surface area contributed by atoms with E-state index in [9.17, 15) is 24.5 Å². The standard InChI is InChI=1S/C22H19IN2O8S/c1-3-32-19(26)12-33-20-16(23)8-14(9-17(20)31-2)10-18-21(27)24(22(28)34-18)11-13-4-6-15(7-5-13)25(29)30/h4-10H,3,11-12H2,1-2H3/b18-10+. The molecule has 10 nitrogen and oxygen atoms in total. The van der Waals surface area contributed by atoms with Crippen molar-refractivity contribution in [3.63, 3.8) is 0 Å². The topological polar surface area (TPSA) is 125 Å². The van der Waals surface area contributed by atoms with Crippen molar-refractivity contribution in [1.29, 1.82) is 0 Å². The van der Waals surface area contributed by atoms with Gasteiger partial charge in [-0.3, -0.25) is 24.6 Å². The highest BCUT2D eigenvalue weighted by atomic mass is 127. The zero-order valence-electron chi connectivity index (χ0n) is 18.1. The first-order chi connectivity index (χ1) is 16.2. The SMILES string of the molecule is CCOC(=O)COc1c(I)cc(/C=C2/SC(=O)N(Cc3ccc([N+](=O)[O-])cc3)C2=O)cc1OC. The second-order valence-corrected chi connectivity index (χ2v) is 8.97. The van der Waals surface area contributed by atoms with Crippen molar-refractivity contribution in [3.8, 4) is 11.5 Å². The van der Waals surface area contributed by atoms with Crippen LogP contribution in [0.15, 0.2) is 41.3 Å². The summed E-state index contributed by atoms with van der Waals surface area (Å²) in [6, 6.07) is 9.02. The minimum atomic E-state index is -0.518. The first-order valence-corrected chi connectivity index (χ1v) is 11.8. The molecule has 1 heterocycles. The number of benzene rings is 2. The van der Waals surface area contributed by atoms with Crippen molar-refractivity contribution in [3.05, 3.63) is 66.1 Å². The maximum Gasteiger partial charge on any atom is 0.344 e. The van der Waals surface area contributed by atoms with E-state index in [4.69, 9.17) is 14.2 Å². The molecule has 1 fully saturated rings. The van der Waals surface area contributed by atoms with E-state index in [0.717, 1.165) is 16.7 Å². The normalized spacial score (nSPS) is 14.4. The summed E-state index contributed by atoms with van der Waals surface area (Å²) in [6.07, 6.45) is 1.57. The number of esters is 1. The third-order valence-corrected chi connectivity index (χ3v) is 6.26. The number of carbonyl (C=O) groups is 3. The van der Waals surface area contributed by atoms with Crippen molar-refractivity contribution < 1.29 is 33.5 Å². The summed E-state index contributed by atoms with van der Waals surface area (Å²) in [5, 5.41) is 10.4. The van der Waals surface area contributed by atoms with Gasteiger partial charge in [-0.1, -0.05) is 12.1 Å². The number of thioether (sulfide) groups is 1. The Balaban J connectivity index is 1.77. The molecule has 0 atom stereocenters. The molecule has 0 radical (unpaired) electrons. The Morgan fingerprint density at radius 1 is 1.24 bits per heavy atom. The van der Waals surface area contributed by atoms with Crippen molar-refractivity contribution >= 4 is 63.2 Å². The number of carbonyl (C=O) groups excluding carboxylic acids is 3. The molecule has 1 saturated heterocycles. The maximum atomic E-state index is 12.8. The van der Waals surface area contributed by atoms with Gasteiger partial charge in [-0.2, -0.15) is 0 Å². The average Bonchev–Trinajstić information content (AvgIpc) is 3.05. The fourth-order valence-electron chi connectivity index (χ4n) is 2.99. The highest BCUT2D eigenvalue weighted by molar-refractivity contribution is 14.1. The molecule has 0 spiro atoms. The molecule has 1 aliphatic heterocycles. The third-order valence-electron chi connectivity index (χ3n) is 4.55. The van der Waals surface area contributed by atoms with E-state index in [0.29, 0.717) is 26.2 Å². The number of imide groups is 1. The van der Waals surface area contributed by atoms with Crippen molar-refractivity contribution in [1.82, 2.24) is 4.90 Å². The Kier molecular flexibility index (Phi) is 8.50. The number of amides is 2. The lowest BCUT2D eigenvalue weighted by molar-refractivity contribution is -0.384. The predicted molar refractivity (Wildman–Crippen MR) is 132 cm³/mol. The molecule has 2 amide bonds. The van der Waals surface area contributed by atoms with Gasteiger partial charge < -0.3 is 14.2 Å². The molecular weight excluding hydrogens is 579 g/mol. The fraction of sp³-hybridized carbons (Fsp3) is 0.227. The number of hydrogen-bond donors (Lipinski definition) is 0. The van der Waals surface area contributed by atoms with E-state index in [1.165, 1.54) is 31.4 Å². The Bertz CT molecular complexity index is 1170. The predicted octanol–water partition coefficient (Wildman–Crippen LogP) is 4.39. The van der Waals surface area contributed by atoms with Gasteiger partial charge in [0.15, 0.2) is 18.1 Å². The minimum Gasteiger partial charge on any atom is -0.493 e. The molecule has 0 aromatic heterocycles. The lowest BCUT2D eigenvalue weighted by Gasteiger charge is -2.13. The van der Waals surface area contributed by atoms with E-state index >= 15 is 0 Å². The van der Waals surface area contributed by atoms with Crippen LogP contribution in [0.5, 0.6) is 11.5 Å². The van der Waals surface area contributed by atoms with Crippen LogP contribution in [0.2, 0.25) is 0 Å². The molecule has 12 heteroatoms. The van der Waals surface area contributed by atoms with E-state index in [1.807, 2.05) is 22.6 Å². The van der Waals surface area contributed by atoms with Gasteiger partial charge in [0.25, 0.3) is 16.8 Å². The van der Waals surface area contributed by atoms with E-state index in [2.05, 4.69) is 0 Å². The van der Waals surface area contributed by atoms with Crippen LogP contribution < -0.4 is 9.47 Å². The fourth-order valence-corrected chi connectivity index (χ4v) is 4.61. The molecule has 2 aromatic rings. The number of nitro benzene ring substituents is 1. The van der Waals surface area contributed by atoms with Gasteiger partial charge in [0.05, 0.1) is 33.7 Å². The molecule has 1 aliphatic rings. The number of rotatable bonds is 9. The summed E-state index contributed by atoms with van der Waals surface area (Å²) in [7, 11) is 1.45. The second kappa shape index (κ2) is 11.3. The van der Waals surface area contributed by atoms with E-state index in [1.54, 1.807) is 25.1 Å². The molecule has 2 aromatic carbocycles. The zero-order valence-corrected chi connectivity index (χ0v) is 21.1. The number of nitro groups is 1. The van der Waals surface area contributed by atoms with E-state index < -0.39 is 22.0 Å². The summed E-state index contributed by atoms with van der Waals surface area (Å²) in [6.45, 7) is 1.67. The Labute approximate surface area is 212 Å². The quantitative estimate of drug-likeness (QED) is 0.136. The average molecular weight is 598 g/mol. The van der Waals surface area contributed by atoms with Crippen molar-refractivity contribution in [2.24, 2.45) is 0 Å². The van der Waals surface area contributed by atoms with Crippen LogP contribution in [0.1, 0.15) is 18.1 Å². The number of ether oxygens (including phenoxy) is 3. The second-order valence-electron chi connectivity index (χ2n) is 6.82. The van der Waals surface area contributed by atoms with E-state index in [-0.39, 0.29) is 30.4 Å². The molecule has 0 saturated carbocycles. The summed E-state index contributed by atoms with van der Waals surface area (Å²) in [5.74, 6) is -0.261. The largest absolute Gasteiger partial charge is 0.493 e. The number of hydrogen-bond acceptors (Lipinski definition) is 9. The van der Waals surface area contributed by atoms with Gasteiger partial charge in [0, 0.05) is 12.1 Å². The zero-order chi connectivity index (χ0) is 24.8. The first kappa shape index (κ1) is 25.5. The molecule has 34 heavy (non-hydrogen) atoms. The highest BCUT2D eigenvalue weighted by Crippen LogP contribution is 2.37. The number of nitrogens with zero attached hydrogens (tertiary/aromatic N) is 2. The highest BCUT2D eigenvalue weighted by Gasteiger charge is 2.35. The van der Waals surface area contributed by atoms with Gasteiger partial charge in [-0.25, -0.2) is 4.79 Å². The molecule has 3 rings (SSSR count). The smallest absolute Gasteiger partial charge is 0.344 e. The molecule has 0 unspecified atom stereocenters. The van der Waals surface area contributed by atoms with Gasteiger partial charge in [0.2, 0.25) is 0 Å². The maximum absolute atomic E-state index is 12.8. The van der Waals surface area contributed by atoms with Gasteiger partial charge >= 0.3 is 5.97 Å². The molecule has 0 bridgehead atoms. The summed E-state index contributed by atoms with van der Waals surface area (Å²) < 4.78 is 16.4. The monoisotopic (exact) mass is 598 g/mol.